The van der Waals surface area contributed by atoms with E-state index in [0.717, 1.165) is 25.2 Å². The molecule has 0 aliphatic heterocycles. The van der Waals surface area contributed by atoms with E-state index in [1.54, 1.807) is 12.3 Å². The average molecular weight is 279 g/mol. The molecule has 3 N–H and O–H groups in total. The molecule has 0 radical (unpaired) electrons. The molecule has 0 aromatic carbocycles. The maximum atomic E-state index is 11.6. The number of carbonyl (C=O) groups is 1. The van der Waals surface area contributed by atoms with Crippen LogP contribution in [0.2, 0.25) is 0 Å². The topological polar surface area (TPSA) is 78.9 Å². The molecule has 0 spiro atoms. The van der Waals surface area contributed by atoms with E-state index in [1.165, 1.54) is 0 Å². The third-order valence-electron chi connectivity index (χ3n) is 2.87. The van der Waals surface area contributed by atoms with E-state index in [-0.39, 0.29) is 11.9 Å². The van der Waals surface area contributed by atoms with Crippen molar-refractivity contribution in [2.75, 3.05) is 23.7 Å². The van der Waals surface area contributed by atoms with Gasteiger partial charge in [0, 0.05) is 31.7 Å². The van der Waals surface area contributed by atoms with Gasteiger partial charge in [0.15, 0.2) is 0 Å². The Morgan fingerprint density at radius 2 is 2.10 bits per heavy atom. The number of anilines is 2. The van der Waals surface area contributed by atoms with Crippen LogP contribution in [0, 0.1) is 0 Å². The van der Waals surface area contributed by atoms with E-state index in [0.29, 0.717) is 18.9 Å². The average Bonchev–Trinajstić information content (AvgIpc) is 2.45. The number of hydrogen-bond donors (Lipinski definition) is 3. The van der Waals surface area contributed by atoms with Crippen molar-refractivity contribution in [3.63, 3.8) is 0 Å². The third kappa shape index (κ3) is 6.36. The van der Waals surface area contributed by atoms with Crippen molar-refractivity contribution < 1.29 is 4.79 Å². The van der Waals surface area contributed by atoms with Crippen molar-refractivity contribution in [2.24, 2.45) is 0 Å². The second-order valence-corrected chi connectivity index (χ2v) is 4.75. The highest BCUT2D eigenvalue weighted by Gasteiger charge is 2.05. The Kier molecular flexibility index (Phi) is 7.39. The Morgan fingerprint density at radius 3 is 2.80 bits per heavy atom. The molecule has 6 nitrogen and oxygen atoms in total. The normalized spacial score (nSPS) is 11.8. The molecule has 1 amide bonds. The Morgan fingerprint density at radius 1 is 1.30 bits per heavy atom. The summed E-state index contributed by atoms with van der Waals surface area (Å²) in [5, 5.41) is 9.19. The van der Waals surface area contributed by atoms with Crippen LogP contribution in [-0.4, -0.2) is 35.0 Å². The second kappa shape index (κ2) is 9.12. The smallest absolute Gasteiger partial charge is 0.224 e. The fourth-order valence-electron chi connectivity index (χ4n) is 1.53. The van der Waals surface area contributed by atoms with Crippen LogP contribution in [0.3, 0.4) is 0 Å². The number of rotatable bonds is 9. The van der Waals surface area contributed by atoms with Crippen molar-refractivity contribution in [2.45, 2.75) is 46.1 Å². The first-order valence-corrected chi connectivity index (χ1v) is 7.25. The van der Waals surface area contributed by atoms with Gasteiger partial charge >= 0.3 is 0 Å². The lowest BCUT2D eigenvalue weighted by atomic mass is 10.2. The summed E-state index contributed by atoms with van der Waals surface area (Å²) in [4.78, 5) is 20.1. The van der Waals surface area contributed by atoms with Crippen LogP contribution in [0.4, 0.5) is 11.8 Å². The molecule has 1 rings (SSSR count). The maximum absolute atomic E-state index is 11.6. The van der Waals surface area contributed by atoms with E-state index < -0.39 is 0 Å². The van der Waals surface area contributed by atoms with Crippen LogP contribution in [0.1, 0.15) is 40.0 Å². The van der Waals surface area contributed by atoms with Gasteiger partial charge < -0.3 is 16.0 Å². The summed E-state index contributed by atoms with van der Waals surface area (Å²) in [6.45, 7) is 7.55. The van der Waals surface area contributed by atoms with Crippen molar-refractivity contribution in [3.8, 4) is 0 Å². The first-order chi connectivity index (χ1) is 9.65. The molecule has 1 aromatic rings. The largest absolute Gasteiger partial charge is 0.369 e. The van der Waals surface area contributed by atoms with Gasteiger partial charge in [0.2, 0.25) is 11.9 Å². The molecular formula is C14H25N5O. The van der Waals surface area contributed by atoms with Gasteiger partial charge in [-0.2, -0.15) is 4.98 Å². The van der Waals surface area contributed by atoms with Crippen molar-refractivity contribution in [3.05, 3.63) is 12.3 Å². The van der Waals surface area contributed by atoms with Crippen LogP contribution in [0.5, 0.6) is 0 Å². The lowest BCUT2D eigenvalue weighted by Crippen LogP contribution is -2.33. The maximum Gasteiger partial charge on any atom is 0.224 e. The van der Waals surface area contributed by atoms with Gasteiger partial charge in [-0.15, -0.1) is 0 Å². The first-order valence-electron chi connectivity index (χ1n) is 7.25. The fourth-order valence-corrected chi connectivity index (χ4v) is 1.53. The summed E-state index contributed by atoms with van der Waals surface area (Å²) < 4.78 is 0. The van der Waals surface area contributed by atoms with Crippen LogP contribution in [0.25, 0.3) is 0 Å². The van der Waals surface area contributed by atoms with Gasteiger partial charge in [-0.3, -0.25) is 4.79 Å². The molecule has 0 aliphatic carbocycles. The highest BCUT2D eigenvalue weighted by atomic mass is 16.1. The van der Waals surface area contributed by atoms with Crippen molar-refractivity contribution >= 4 is 17.7 Å². The molecule has 1 heterocycles. The van der Waals surface area contributed by atoms with Crippen LogP contribution < -0.4 is 16.0 Å². The molecule has 0 fully saturated rings. The summed E-state index contributed by atoms with van der Waals surface area (Å²) in [7, 11) is 0. The van der Waals surface area contributed by atoms with E-state index in [4.69, 9.17) is 0 Å². The van der Waals surface area contributed by atoms with E-state index >= 15 is 0 Å². The van der Waals surface area contributed by atoms with E-state index in [1.807, 2.05) is 6.92 Å². The van der Waals surface area contributed by atoms with Gasteiger partial charge in [0.25, 0.3) is 0 Å². The zero-order chi connectivity index (χ0) is 14.8. The van der Waals surface area contributed by atoms with Gasteiger partial charge in [-0.05, 0) is 25.8 Å². The molecule has 0 saturated heterocycles. The zero-order valence-corrected chi connectivity index (χ0v) is 12.6. The predicted octanol–water partition coefficient (Wildman–Crippen LogP) is 2.02. The summed E-state index contributed by atoms with van der Waals surface area (Å²) in [6.07, 6.45) is 4.10. The molecule has 6 heteroatoms. The Labute approximate surface area is 120 Å². The van der Waals surface area contributed by atoms with E-state index in [2.05, 4.69) is 39.8 Å². The van der Waals surface area contributed by atoms with Gasteiger partial charge in [-0.1, -0.05) is 13.8 Å². The third-order valence-corrected chi connectivity index (χ3v) is 2.87. The number of aromatic nitrogens is 2. The van der Waals surface area contributed by atoms with Crippen molar-refractivity contribution in [1.82, 2.24) is 15.3 Å². The molecular weight excluding hydrogens is 254 g/mol. The molecule has 0 bridgehead atoms. The van der Waals surface area contributed by atoms with Gasteiger partial charge in [0.05, 0.1) is 0 Å². The summed E-state index contributed by atoms with van der Waals surface area (Å²) in [5.74, 6) is 1.40. The highest BCUT2D eigenvalue weighted by molar-refractivity contribution is 5.76. The SMILES string of the molecule is CCCNc1nccc(NCCC(=O)NC(C)CC)n1. The quantitative estimate of drug-likeness (QED) is 0.644. The molecule has 0 saturated carbocycles. The number of amides is 1. The van der Waals surface area contributed by atoms with Crippen LogP contribution in [0.15, 0.2) is 12.3 Å². The minimum absolute atomic E-state index is 0.0604. The minimum Gasteiger partial charge on any atom is -0.369 e. The summed E-state index contributed by atoms with van der Waals surface area (Å²) >= 11 is 0. The lowest BCUT2D eigenvalue weighted by molar-refractivity contribution is -0.121. The number of nitrogens with one attached hydrogen (secondary N) is 3. The molecule has 1 aromatic heterocycles. The van der Waals surface area contributed by atoms with Crippen molar-refractivity contribution in [1.29, 1.82) is 0 Å². The second-order valence-electron chi connectivity index (χ2n) is 4.75. The highest BCUT2D eigenvalue weighted by Crippen LogP contribution is 2.05. The number of hydrogen-bond acceptors (Lipinski definition) is 5. The summed E-state index contributed by atoms with van der Waals surface area (Å²) in [5.41, 5.74) is 0. The van der Waals surface area contributed by atoms with Gasteiger partial charge in [0.1, 0.15) is 5.82 Å². The van der Waals surface area contributed by atoms with Crippen LogP contribution in [-0.2, 0) is 4.79 Å². The predicted molar refractivity (Wildman–Crippen MR) is 81.8 cm³/mol. The Balaban J connectivity index is 2.32. The molecule has 112 valence electrons. The monoisotopic (exact) mass is 279 g/mol. The number of nitrogens with zero attached hydrogens (tertiary/aromatic N) is 2. The molecule has 20 heavy (non-hydrogen) atoms. The molecule has 1 atom stereocenters. The Bertz CT molecular complexity index is 410. The molecule has 1 unspecified atom stereocenters. The Hall–Kier alpha value is -1.85. The lowest BCUT2D eigenvalue weighted by Gasteiger charge is -2.12. The standard InChI is InChI=1S/C14H25N5O/c1-4-8-16-14-17-9-6-12(19-14)15-10-7-13(20)18-11(3)5-2/h6,9,11H,4-5,7-8,10H2,1-3H3,(H,18,20)(H2,15,16,17,19). The fraction of sp³-hybridized carbons (Fsp3) is 0.643. The van der Waals surface area contributed by atoms with Crippen LogP contribution >= 0.6 is 0 Å². The zero-order valence-electron chi connectivity index (χ0n) is 12.6. The molecule has 0 aliphatic rings. The number of carbonyl (C=O) groups excluding carboxylic acids is 1. The minimum atomic E-state index is 0.0604. The summed E-state index contributed by atoms with van der Waals surface area (Å²) in [6, 6.07) is 2.02. The van der Waals surface area contributed by atoms with E-state index in [9.17, 15) is 4.79 Å². The van der Waals surface area contributed by atoms with Gasteiger partial charge in [-0.25, -0.2) is 4.98 Å². The first kappa shape index (κ1) is 16.2.